The fourth-order valence-electron chi connectivity index (χ4n) is 1.86. The van der Waals surface area contributed by atoms with Crippen molar-refractivity contribution in [2.24, 2.45) is 5.14 Å². The summed E-state index contributed by atoms with van der Waals surface area (Å²) in [4.78, 5) is 9.78. The molecule has 8 heteroatoms. The molecule has 0 radical (unpaired) electrons. The van der Waals surface area contributed by atoms with Gasteiger partial charge in [0.25, 0.3) is 5.69 Å². The van der Waals surface area contributed by atoms with Gasteiger partial charge in [-0.25, -0.2) is 13.6 Å². The van der Waals surface area contributed by atoms with Gasteiger partial charge in [0.05, 0.1) is 11.0 Å². The lowest BCUT2D eigenvalue weighted by molar-refractivity contribution is -0.385. The number of hydrogen-bond donors (Lipinski definition) is 1. The predicted octanol–water partition coefficient (Wildman–Crippen LogP) is 2.12. The number of nitrogens with two attached hydrogens (primary N) is 1. The first-order valence-electron chi connectivity index (χ1n) is 6.15. The van der Waals surface area contributed by atoms with Gasteiger partial charge in [-0.3, -0.25) is 10.1 Å². The molecule has 1 aromatic rings. The maximum atomic E-state index is 11.6. The van der Waals surface area contributed by atoms with Crippen molar-refractivity contribution in [1.82, 2.24) is 0 Å². The molecule has 0 heterocycles. The molecule has 1 aromatic carbocycles. The highest BCUT2D eigenvalue weighted by atomic mass is 32.2. The van der Waals surface area contributed by atoms with Crippen LogP contribution in [0.25, 0.3) is 0 Å². The normalized spacial score (nSPS) is 13.0. The van der Waals surface area contributed by atoms with E-state index in [0.717, 1.165) is 18.9 Å². The standard InChI is InChI=1S/C12H18N2O5S/c1-4-5-9(3)19-12-8(2)6-10(14(15)16)7-11(12)20(13,17)18/h6-7,9H,4-5H2,1-3H3,(H2,13,17,18). The molecule has 0 saturated heterocycles. The van der Waals surface area contributed by atoms with Gasteiger partial charge < -0.3 is 4.74 Å². The van der Waals surface area contributed by atoms with E-state index in [1.54, 1.807) is 13.8 Å². The summed E-state index contributed by atoms with van der Waals surface area (Å²) in [5, 5.41) is 15.9. The third kappa shape index (κ3) is 3.91. The number of sulfonamides is 1. The highest BCUT2D eigenvalue weighted by Gasteiger charge is 2.23. The molecular formula is C12H18N2O5S. The van der Waals surface area contributed by atoms with Gasteiger partial charge in [-0.2, -0.15) is 0 Å². The quantitative estimate of drug-likeness (QED) is 0.638. The van der Waals surface area contributed by atoms with E-state index in [1.165, 1.54) is 6.07 Å². The van der Waals surface area contributed by atoms with E-state index in [9.17, 15) is 18.5 Å². The Morgan fingerprint density at radius 3 is 2.50 bits per heavy atom. The Morgan fingerprint density at radius 2 is 2.05 bits per heavy atom. The zero-order chi connectivity index (χ0) is 15.5. The maximum Gasteiger partial charge on any atom is 0.271 e. The number of nitro groups is 1. The lowest BCUT2D eigenvalue weighted by Gasteiger charge is -2.18. The number of nitrogens with zero attached hydrogens (tertiary/aromatic N) is 1. The van der Waals surface area contributed by atoms with Crippen LogP contribution in [-0.2, 0) is 10.0 Å². The highest BCUT2D eigenvalue weighted by Crippen LogP contribution is 2.32. The van der Waals surface area contributed by atoms with Crippen LogP contribution in [-0.4, -0.2) is 19.4 Å². The molecule has 112 valence electrons. The van der Waals surface area contributed by atoms with E-state index in [0.29, 0.717) is 5.56 Å². The van der Waals surface area contributed by atoms with E-state index in [-0.39, 0.29) is 22.4 Å². The molecule has 1 atom stereocenters. The fourth-order valence-corrected chi connectivity index (χ4v) is 2.61. The van der Waals surface area contributed by atoms with Crippen molar-refractivity contribution in [1.29, 1.82) is 0 Å². The SMILES string of the molecule is CCCC(C)Oc1c(C)cc([N+](=O)[O-])cc1S(N)(=O)=O. The molecule has 0 aliphatic heterocycles. The third-order valence-electron chi connectivity index (χ3n) is 2.76. The first kappa shape index (κ1) is 16.4. The zero-order valence-corrected chi connectivity index (χ0v) is 12.4. The van der Waals surface area contributed by atoms with Gasteiger partial charge in [0.15, 0.2) is 0 Å². The van der Waals surface area contributed by atoms with Gasteiger partial charge in [0, 0.05) is 12.1 Å². The highest BCUT2D eigenvalue weighted by molar-refractivity contribution is 7.89. The van der Waals surface area contributed by atoms with Crippen LogP contribution < -0.4 is 9.88 Å². The Kier molecular flexibility index (Phi) is 5.07. The lowest BCUT2D eigenvalue weighted by atomic mass is 10.2. The molecule has 0 aromatic heterocycles. The number of primary sulfonamides is 1. The van der Waals surface area contributed by atoms with Crippen molar-refractivity contribution in [2.45, 2.75) is 44.6 Å². The molecule has 0 saturated carbocycles. The molecule has 0 fully saturated rings. The molecule has 20 heavy (non-hydrogen) atoms. The van der Waals surface area contributed by atoms with Crippen LogP contribution in [0.2, 0.25) is 0 Å². The Balaban J connectivity index is 3.39. The van der Waals surface area contributed by atoms with Crippen LogP contribution >= 0.6 is 0 Å². The molecule has 7 nitrogen and oxygen atoms in total. The molecule has 1 unspecified atom stereocenters. The monoisotopic (exact) mass is 302 g/mol. The molecule has 0 spiro atoms. The summed E-state index contributed by atoms with van der Waals surface area (Å²) in [6.45, 7) is 5.33. The smallest absolute Gasteiger partial charge is 0.271 e. The topological polar surface area (TPSA) is 113 Å². The molecule has 0 aliphatic carbocycles. The largest absolute Gasteiger partial charge is 0.489 e. The molecule has 0 bridgehead atoms. The van der Waals surface area contributed by atoms with Crippen molar-refractivity contribution in [3.8, 4) is 5.75 Å². The predicted molar refractivity (Wildman–Crippen MR) is 74.2 cm³/mol. The van der Waals surface area contributed by atoms with Gasteiger partial charge in [0.1, 0.15) is 10.6 Å². The van der Waals surface area contributed by atoms with Crippen LogP contribution in [0.15, 0.2) is 17.0 Å². The number of benzene rings is 1. The summed E-state index contributed by atoms with van der Waals surface area (Å²) in [7, 11) is -4.10. The van der Waals surface area contributed by atoms with Gasteiger partial charge in [-0.05, 0) is 25.8 Å². The summed E-state index contributed by atoms with van der Waals surface area (Å²) in [6.07, 6.45) is 1.40. The number of rotatable bonds is 6. The van der Waals surface area contributed by atoms with Crippen LogP contribution in [0.4, 0.5) is 5.69 Å². The summed E-state index contributed by atoms with van der Waals surface area (Å²) < 4.78 is 28.8. The Hall–Kier alpha value is -1.67. The van der Waals surface area contributed by atoms with E-state index in [2.05, 4.69) is 0 Å². The lowest BCUT2D eigenvalue weighted by Crippen LogP contribution is -2.18. The van der Waals surface area contributed by atoms with Gasteiger partial charge in [0.2, 0.25) is 10.0 Å². The molecule has 1 rings (SSSR count). The summed E-state index contributed by atoms with van der Waals surface area (Å²) in [6, 6.07) is 2.19. The second-order valence-electron chi connectivity index (χ2n) is 4.61. The minimum atomic E-state index is -4.10. The first-order chi connectivity index (χ1) is 9.16. The first-order valence-corrected chi connectivity index (χ1v) is 7.70. The van der Waals surface area contributed by atoms with Gasteiger partial charge in [-0.1, -0.05) is 13.3 Å². The Morgan fingerprint density at radius 1 is 1.45 bits per heavy atom. The number of aryl methyl sites for hydroxylation is 1. The molecule has 0 aliphatic rings. The Labute approximate surface area is 117 Å². The summed E-state index contributed by atoms with van der Waals surface area (Å²) >= 11 is 0. The third-order valence-corrected chi connectivity index (χ3v) is 3.67. The van der Waals surface area contributed by atoms with Gasteiger partial charge in [-0.15, -0.1) is 0 Å². The minimum Gasteiger partial charge on any atom is -0.489 e. The van der Waals surface area contributed by atoms with Crippen LogP contribution in [0.1, 0.15) is 32.3 Å². The van der Waals surface area contributed by atoms with Crippen LogP contribution in [0, 0.1) is 17.0 Å². The fraction of sp³-hybridized carbons (Fsp3) is 0.500. The number of nitro benzene ring substituents is 1. The zero-order valence-electron chi connectivity index (χ0n) is 11.6. The maximum absolute atomic E-state index is 11.6. The summed E-state index contributed by atoms with van der Waals surface area (Å²) in [5.41, 5.74) is 0.0354. The summed E-state index contributed by atoms with van der Waals surface area (Å²) in [5.74, 6) is 0.0825. The Bertz CT molecular complexity index is 613. The number of ether oxygens (including phenoxy) is 1. The number of hydrogen-bond acceptors (Lipinski definition) is 5. The molecular weight excluding hydrogens is 284 g/mol. The van der Waals surface area contributed by atoms with Crippen molar-refractivity contribution in [2.75, 3.05) is 0 Å². The average Bonchev–Trinajstić information content (AvgIpc) is 2.29. The van der Waals surface area contributed by atoms with E-state index in [1.807, 2.05) is 6.92 Å². The minimum absolute atomic E-state index is 0.0825. The van der Waals surface area contributed by atoms with Crippen molar-refractivity contribution < 1.29 is 18.1 Å². The van der Waals surface area contributed by atoms with E-state index >= 15 is 0 Å². The van der Waals surface area contributed by atoms with Crippen molar-refractivity contribution in [3.05, 3.63) is 27.8 Å². The molecule has 0 amide bonds. The number of non-ortho nitro benzene ring substituents is 1. The average molecular weight is 302 g/mol. The second-order valence-corrected chi connectivity index (χ2v) is 6.14. The molecule has 2 N–H and O–H groups in total. The van der Waals surface area contributed by atoms with Crippen molar-refractivity contribution >= 4 is 15.7 Å². The van der Waals surface area contributed by atoms with E-state index in [4.69, 9.17) is 9.88 Å². The second kappa shape index (κ2) is 6.19. The van der Waals surface area contributed by atoms with Crippen molar-refractivity contribution in [3.63, 3.8) is 0 Å². The van der Waals surface area contributed by atoms with Gasteiger partial charge >= 0.3 is 0 Å². The van der Waals surface area contributed by atoms with Crippen LogP contribution in [0.5, 0.6) is 5.75 Å². The van der Waals surface area contributed by atoms with E-state index < -0.39 is 14.9 Å². The van der Waals surface area contributed by atoms with Crippen LogP contribution in [0.3, 0.4) is 0 Å².